The van der Waals surface area contributed by atoms with Crippen LogP contribution in [0.4, 0.5) is 0 Å². The highest BCUT2D eigenvalue weighted by Crippen LogP contribution is 2.43. The first-order chi connectivity index (χ1) is 7.76. The van der Waals surface area contributed by atoms with Crippen LogP contribution in [-0.2, 0) is 4.74 Å². The van der Waals surface area contributed by atoms with Crippen LogP contribution in [0.5, 0.6) is 0 Å². The summed E-state index contributed by atoms with van der Waals surface area (Å²) in [5.41, 5.74) is 7.60. The van der Waals surface area contributed by atoms with Gasteiger partial charge in [-0.25, -0.2) is 0 Å². The van der Waals surface area contributed by atoms with E-state index in [4.69, 9.17) is 10.5 Å². The summed E-state index contributed by atoms with van der Waals surface area (Å²) in [6.45, 7) is 0. The van der Waals surface area contributed by atoms with Crippen LogP contribution < -0.4 is 5.73 Å². The second kappa shape index (κ2) is 4.15. The molecule has 2 heteroatoms. The monoisotopic (exact) mass is 221 g/mol. The maximum atomic E-state index is 6.31. The molecule has 1 atom stereocenters. The molecule has 1 unspecified atom stereocenters. The molecule has 3 rings (SSSR count). The van der Waals surface area contributed by atoms with Crippen molar-refractivity contribution < 1.29 is 4.74 Å². The molecule has 0 aromatic heterocycles. The van der Waals surface area contributed by atoms with Crippen molar-refractivity contribution in [1.29, 1.82) is 0 Å². The summed E-state index contributed by atoms with van der Waals surface area (Å²) in [7, 11) is 0. The van der Waals surface area contributed by atoms with Crippen molar-refractivity contribution in [2.45, 2.75) is 75.5 Å². The van der Waals surface area contributed by atoms with Gasteiger partial charge in [0.05, 0.1) is 11.7 Å². The minimum absolute atomic E-state index is 0.270. The third kappa shape index (κ3) is 2.05. The average molecular weight is 221 g/mol. The molecule has 2 nitrogen and oxygen atoms in total. The second-order valence-electron chi connectivity index (χ2n) is 5.93. The quantitative estimate of drug-likeness (QED) is 0.691. The molecule has 2 saturated carbocycles. The van der Waals surface area contributed by atoms with Crippen molar-refractivity contribution in [3.63, 3.8) is 0 Å². The van der Waals surface area contributed by atoms with Gasteiger partial charge in [0.15, 0.2) is 0 Å². The van der Waals surface area contributed by atoms with Crippen LogP contribution in [0, 0.1) is 0 Å². The smallest absolute Gasteiger partial charge is 0.0767 e. The van der Waals surface area contributed by atoms with E-state index in [0.717, 1.165) is 12.8 Å². The molecule has 0 amide bonds. The zero-order valence-electron chi connectivity index (χ0n) is 10.1. The van der Waals surface area contributed by atoms with Crippen molar-refractivity contribution in [1.82, 2.24) is 0 Å². The first-order valence-corrected chi connectivity index (χ1v) is 6.89. The maximum Gasteiger partial charge on any atom is 0.0767 e. The fourth-order valence-corrected chi connectivity index (χ4v) is 3.54. The molecule has 1 spiro atoms. The summed E-state index contributed by atoms with van der Waals surface area (Å²) in [6.07, 6.45) is 14.2. The Bertz CT molecular complexity index is 283. The lowest BCUT2D eigenvalue weighted by Crippen LogP contribution is -2.32. The van der Waals surface area contributed by atoms with Crippen LogP contribution in [0.1, 0.15) is 57.8 Å². The number of nitrogens with two attached hydrogens (primary N) is 1. The summed E-state index contributed by atoms with van der Waals surface area (Å²) in [5, 5.41) is 0. The van der Waals surface area contributed by atoms with E-state index in [1.54, 1.807) is 0 Å². The van der Waals surface area contributed by atoms with Crippen molar-refractivity contribution in [2.24, 2.45) is 5.73 Å². The van der Waals surface area contributed by atoms with Gasteiger partial charge >= 0.3 is 0 Å². The van der Waals surface area contributed by atoms with Gasteiger partial charge in [-0.15, -0.1) is 0 Å². The van der Waals surface area contributed by atoms with Crippen LogP contribution in [0.3, 0.4) is 0 Å². The summed E-state index contributed by atoms with van der Waals surface area (Å²) < 4.78 is 6.31. The van der Waals surface area contributed by atoms with E-state index in [1.165, 1.54) is 50.5 Å². The van der Waals surface area contributed by atoms with Crippen molar-refractivity contribution >= 4 is 0 Å². The van der Waals surface area contributed by atoms with Crippen LogP contribution >= 0.6 is 0 Å². The fourth-order valence-electron chi connectivity index (χ4n) is 3.54. The maximum absolute atomic E-state index is 6.31. The predicted molar refractivity (Wildman–Crippen MR) is 65.2 cm³/mol. The highest BCUT2D eigenvalue weighted by molar-refractivity contribution is 5.18. The van der Waals surface area contributed by atoms with Gasteiger partial charge in [0.2, 0.25) is 0 Å². The highest BCUT2D eigenvalue weighted by Gasteiger charge is 2.40. The highest BCUT2D eigenvalue weighted by atomic mass is 16.5. The Balaban J connectivity index is 1.58. The van der Waals surface area contributed by atoms with E-state index in [9.17, 15) is 0 Å². The molecular formula is C14H23NO. The molecule has 1 aliphatic heterocycles. The van der Waals surface area contributed by atoms with Gasteiger partial charge in [-0.05, 0) is 38.5 Å². The first-order valence-electron chi connectivity index (χ1n) is 6.89. The molecule has 1 saturated heterocycles. The molecule has 90 valence electrons. The van der Waals surface area contributed by atoms with E-state index < -0.39 is 0 Å². The van der Waals surface area contributed by atoms with Crippen LogP contribution in [0.2, 0.25) is 0 Å². The molecule has 0 radical (unpaired) electrons. The van der Waals surface area contributed by atoms with Gasteiger partial charge in [0.1, 0.15) is 0 Å². The van der Waals surface area contributed by atoms with E-state index in [-0.39, 0.29) is 5.60 Å². The number of hydrogen-bond donors (Lipinski definition) is 1. The minimum atomic E-state index is 0.270. The van der Waals surface area contributed by atoms with E-state index in [2.05, 4.69) is 6.08 Å². The lowest BCUT2D eigenvalue weighted by molar-refractivity contribution is -0.0485. The first kappa shape index (κ1) is 10.8. The SMILES string of the molecule is NC1CC(=CC2CCC3(CCCCC3)O2)C1. The normalized spacial score (nSPS) is 37.4. The van der Waals surface area contributed by atoms with Gasteiger partial charge < -0.3 is 10.5 Å². The minimum Gasteiger partial charge on any atom is -0.368 e. The molecule has 3 fully saturated rings. The zero-order valence-corrected chi connectivity index (χ0v) is 10.1. The van der Waals surface area contributed by atoms with Crippen molar-refractivity contribution in [3.8, 4) is 0 Å². The van der Waals surface area contributed by atoms with Gasteiger partial charge in [-0.2, -0.15) is 0 Å². The number of ether oxygens (including phenoxy) is 1. The van der Waals surface area contributed by atoms with Gasteiger partial charge in [0.25, 0.3) is 0 Å². The van der Waals surface area contributed by atoms with Crippen molar-refractivity contribution in [2.75, 3.05) is 0 Å². The predicted octanol–water partition coefficient (Wildman–Crippen LogP) is 2.92. The van der Waals surface area contributed by atoms with Crippen LogP contribution in [0.25, 0.3) is 0 Å². The van der Waals surface area contributed by atoms with Crippen molar-refractivity contribution in [3.05, 3.63) is 11.6 Å². The third-order valence-electron chi connectivity index (χ3n) is 4.52. The molecule has 2 N–H and O–H groups in total. The van der Waals surface area contributed by atoms with Crippen LogP contribution in [0.15, 0.2) is 11.6 Å². The Kier molecular flexibility index (Phi) is 2.80. The van der Waals surface area contributed by atoms with Gasteiger partial charge in [-0.3, -0.25) is 0 Å². The Morgan fingerprint density at radius 2 is 1.88 bits per heavy atom. The Morgan fingerprint density at radius 3 is 2.56 bits per heavy atom. The number of rotatable bonds is 1. The molecule has 0 aromatic rings. The van der Waals surface area contributed by atoms with E-state index >= 15 is 0 Å². The molecule has 2 aliphatic carbocycles. The Labute approximate surface area is 98.2 Å². The Morgan fingerprint density at radius 1 is 1.12 bits per heavy atom. The lowest BCUT2D eigenvalue weighted by atomic mass is 9.83. The number of hydrogen-bond acceptors (Lipinski definition) is 2. The molecule has 1 heterocycles. The molecule has 0 aromatic carbocycles. The summed E-state index contributed by atoms with van der Waals surface area (Å²) in [6, 6.07) is 0.427. The van der Waals surface area contributed by atoms with E-state index in [1.807, 2.05) is 0 Å². The van der Waals surface area contributed by atoms with Gasteiger partial charge in [-0.1, -0.05) is 30.9 Å². The summed E-state index contributed by atoms with van der Waals surface area (Å²) >= 11 is 0. The largest absolute Gasteiger partial charge is 0.368 e. The molecule has 3 aliphatic rings. The zero-order chi connectivity index (χ0) is 11.0. The fraction of sp³-hybridized carbons (Fsp3) is 0.857. The summed E-state index contributed by atoms with van der Waals surface area (Å²) in [5.74, 6) is 0. The van der Waals surface area contributed by atoms with Gasteiger partial charge in [0, 0.05) is 6.04 Å². The lowest BCUT2D eigenvalue weighted by Gasteiger charge is -2.33. The molecular weight excluding hydrogens is 198 g/mol. The second-order valence-corrected chi connectivity index (χ2v) is 5.93. The topological polar surface area (TPSA) is 35.2 Å². The molecule has 16 heavy (non-hydrogen) atoms. The summed E-state index contributed by atoms with van der Waals surface area (Å²) in [4.78, 5) is 0. The van der Waals surface area contributed by atoms with E-state index in [0.29, 0.717) is 12.1 Å². The van der Waals surface area contributed by atoms with Crippen LogP contribution in [-0.4, -0.2) is 17.7 Å². The molecule has 0 bridgehead atoms. The third-order valence-corrected chi connectivity index (χ3v) is 4.52. The standard InChI is InChI=1S/C14H23NO/c15-12-8-11(9-12)10-13-4-7-14(16-13)5-2-1-3-6-14/h10,12-13H,1-9,15H2. The average Bonchev–Trinajstić information content (AvgIpc) is 2.61. The Hall–Kier alpha value is -0.340.